The highest BCUT2D eigenvalue weighted by atomic mass is 16.5. The minimum atomic E-state index is -1.25. The van der Waals surface area contributed by atoms with Gasteiger partial charge in [0, 0.05) is 6.20 Å². The molecular formula is C9H11N3O4. The van der Waals surface area contributed by atoms with Crippen LogP contribution in [0.2, 0.25) is 0 Å². The summed E-state index contributed by atoms with van der Waals surface area (Å²) in [6.07, 6.45) is -2.16. The number of anilines is 1. The van der Waals surface area contributed by atoms with Crippen LogP contribution >= 0.6 is 0 Å². The van der Waals surface area contributed by atoms with Crippen LogP contribution in [0.25, 0.3) is 0 Å². The van der Waals surface area contributed by atoms with Gasteiger partial charge in [-0.2, -0.15) is 4.98 Å². The average molecular weight is 225 g/mol. The first-order valence-electron chi connectivity index (χ1n) is 4.57. The van der Waals surface area contributed by atoms with E-state index in [0.29, 0.717) is 0 Å². The molecule has 0 saturated carbocycles. The molecule has 1 aromatic rings. The van der Waals surface area contributed by atoms with Gasteiger partial charge >= 0.3 is 5.69 Å². The van der Waals surface area contributed by atoms with Gasteiger partial charge in [0.1, 0.15) is 23.8 Å². The lowest BCUT2D eigenvalue weighted by molar-refractivity contribution is -0.0162. The molecule has 4 N–H and O–H groups in total. The first kappa shape index (κ1) is 10.7. The second kappa shape index (κ2) is 3.62. The molecule has 3 atom stereocenters. The average Bonchev–Trinajstić information content (AvgIpc) is 2.46. The van der Waals surface area contributed by atoms with E-state index in [1.807, 2.05) is 0 Å². The molecule has 2 rings (SSSR count). The van der Waals surface area contributed by atoms with E-state index in [-0.39, 0.29) is 11.6 Å². The molecule has 0 amide bonds. The summed E-state index contributed by atoms with van der Waals surface area (Å²) in [4.78, 5) is 14.9. The van der Waals surface area contributed by atoms with Gasteiger partial charge in [0.2, 0.25) is 6.23 Å². The molecule has 86 valence electrons. The highest BCUT2D eigenvalue weighted by molar-refractivity contribution is 5.23. The second-order valence-electron chi connectivity index (χ2n) is 3.45. The second-order valence-corrected chi connectivity index (χ2v) is 3.45. The summed E-state index contributed by atoms with van der Waals surface area (Å²) in [6, 6.07) is 1.39. The van der Waals surface area contributed by atoms with Crippen LogP contribution in [0, 0.1) is 0 Å². The van der Waals surface area contributed by atoms with Gasteiger partial charge in [-0.1, -0.05) is 6.58 Å². The van der Waals surface area contributed by atoms with Crippen LogP contribution in [-0.2, 0) is 4.74 Å². The molecule has 0 spiro atoms. The first-order valence-corrected chi connectivity index (χ1v) is 4.57. The van der Waals surface area contributed by atoms with E-state index in [1.54, 1.807) is 0 Å². The third kappa shape index (κ3) is 1.55. The number of nitrogens with two attached hydrogens (primary N) is 1. The zero-order chi connectivity index (χ0) is 11.9. The van der Waals surface area contributed by atoms with E-state index >= 15 is 0 Å². The Morgan fingerprint density at radius 1 is 1.56 bits per heavy atom. The van der Waals surface area contributed by atoms with Crippen LogP contribution in [0.5, 0.6) is 0 Å². The molecule has 7 nitrogen and oxygen atoms in total. The largest absolute Gasteiger partial charge is 0.469 e. The minimum Gasteiger partial charge on any atom is -0.469 e. The maximum absolute atomic E-state index is 11.5. The molecule has 7 heteroatoms. The van der Waals surface area contributed by atoms with E-state index in [2.05, 4.69) is 11.6 Å². The summed E-state index contributed by atoms with van der Waals surface area (Å²) in [7, 11) is 0. The van der Waals surface area contributed by atoms with Crippen LogP contribution in [0.15, 0.2) is 29.4 Å². The van der Waals surface area contributed by atoms with E-state index in [1.165, 1.54) is 12.3 Å². The highest BCUT2D eigenvalue weighted by Gasteiger charge is 2.40. The normalized spacial score (nSPS) is 29.1. The van der Waals surface area contributed by atoms with Gasteiger partial charge in [-0.25, -0.2) is 4.79 Å². The quantitative estimate of drug-likeness (QED) is 0.541. The molecule has 1 saturated heterocycles. The van der Waals surface area contributed by atoms with Crippen LogP contribution in [-0.4, -0.2) is 32.0 Å². The fourth-order valence-electron chi connectivity index (χ4n) is 1.48. The van der Waals surface area contributed by atoms with Crippen LogP contribution < -0.4 is 11.4 Å². The lowest BCUT2D eigenvalue weighted by Crippen LogP contribution is -2.34. The molecule has 0 radical (unpaired) electrons. The molecule has 1 unspecified atom stereocenters. The number of ether oxygens (including phenoxy) is 1. The minimum absolute atomic E-state index is 0.0150. The van der Waals surface area contributed by atoms with Gasteiger partial charge in [-0.15, -0.1) is 0 Å². The van der Waals surface area contributed by atoms with Crippen molar-refractivity contribution in [1.82, 2.24) is 9.55 Å². The maximum Gasteiger partial charge on any atom is 0.352 e. The van der Waals surface area contributed by atoms with E-state index in [0.717, 1.165) is 4.57 Å². The van der Waals surface area contributed by atoms with Crippen molar-refractivity contribution in [2.75, 3.05) is 5.73 Å². The molecule has 0 aliphatic carbocycles. The van der Waals surface area contributed by atoms with Gasteiger partial charge in [0.05, 0.1) is 0 Å². The Morgan fingerprint density at radius 3 is 2.75 bits per heavy atom. The Labute approximate surface area is 90.4 Å². The monoisotopic (exact) mass is 225 g/mol. The zero-order valence-electron chi connectivity index (χ0n) is 8.28. The van der Waals surface area contributed by atoms with Crippen molar-refractivity contribution in [3.05, 3.63) is 35.1 Å². The third-order valence-corrected chi connectivity index (χ3v) is 2.34. The molecule has 1 aliphatic rings. The summed E-state index contributed by atoms with van der Waals surface area (Å²) in [5, 5.41) is 19.0. The van der Waals surface area contributed by atoms with Crippen LogP contribution in [0.1, 0.15) is 6.23 Å². The number of hydrogen-bond acceptors (Lipinski definition) is 6. The molecule has 2 heterocycles. The summed E-state index contributed by atoms with van der Waals surface area (Å²) in [6.45, 7) is 3.42. The van der Waals surface area contributed by atoms with Crippen LogP contribution in [0.4, 0.5) is 5.82 Å². The highest BCUT2D eigenvalue weighted by Crippen LogP contribution is 2.29. The van der Waals surface area contributed by atoms with Crippen molar-refractivity contribution >= 4 is 5.82 Å². The molecule has 1 aromatic heterocycles. The Balaban J connectivity index is 2.39. The molecule has 1 aliphatic heterocycles. The molecule has 1 fully saturated rings. The SMILES string of the molecule is C=C1OC(n2ccc(N)nc2=O)[C@H](O)[C@@H]1O. The van der Waals surface area contributed by atoms with Gasteiger partial charge in [-0.3, -0.25) is 4.57 Å². The summed E-state index contributed by atoms with van der Waals surface area (Å²) in [5.41, 5.74) is 4.66. The van der Waals surface area contributed by atoms with Crippen molar-refractivity contribution in [2.24, 2.45) is 0 Å². The van der Waals surface area contributed by atoms with Crippen molar-refractivity contribution in [2.45, 2.75) is 18.4 Å². The number of rotatable bonds is 1. The smallest absolute Gasteiger partial charge is 0.352 e. The van der Waals surface area contributed by atoms with E-state index < -0.39 is 24.1 Å². The van der Waals surface area contributed by atoms with Gasteiger partial charge in [0.25, 0.3) is 0 Å². The lowest BCUT2D eigenvalue weighted by atomic mass is 10.2. The fourth-order valence-corrected chi connectivity index (χ4v) is 1.48. The number of aliphatic hydroxyl groups excluding tert-OH is 2. The van der Waals surface area contributed by atoms with Gasteiger partial charge < -0.3 is 20.7 Å². The predicted octanol–water partition coefficient (Wildman–Crippen LogP) is -1.41. The third-order valence-electron chi connectivity index (χ3n) is 2.34. The Bertz CT molecular complexity index is 484. The Kier molecular flexibility index (Phi) is 2.41. The number of aromatic nitrogens is 2. The first-order chi connectivity index (χ1) is 7.50. The lowest BCUT2D eigenvalue weighted by Gasteiger charge is -2.16. The number of nitrogens with zero attached hydrogens (tertiary/aromatic N) is 2. The zero-order valence-corrected chi connectivity index (χ0v) is 8.28. The topological polar surface area (TPSA) is 111 Å². The predicted molar refractivity (Wildman–Crippen MR) is 54.2 cm³/mol. The van der Waals surface area contributed by atoms with E-state index in [9.17, 15) is 15.0 Å². The molecule has 16 heavy (non-hydrogen) atoms. The van der Waals surface area contributed by atoms with Crippen molar-refractivity contribution in [3.8, 4) is 0 Å². The molecule has 0 bridgehead atoms. The number of hydrogen-bond donors (Lipinski definition) is 3. The summed E-state index contributed by atoms with van der Waals surface area (Å²) >= 11 is 0. The fraction of sp³-hybridized carbons (Fsp3) is 0.333. The van der Waals surface area contributed by atoms with Crippen molar-refractivity contribution in [3.63, 3.8) is 0 Å². The van der Waals surface area contributed by atoms with Crippen LogP contribution in [0.3, 0.4) is 0 Å². The van der Waals surface area contributed by atoms with Gasteiger partial charge in [-0.05, 0) is 6.07 Å². The van der Waals surface area contributed by atoms with Crippen molar-refractivity contribution < 1.29 is 14.9 Å². The maximum atomic E-state index is 11.5. The Hall–Kier alpha value is -1.86. The van der Waals surface area contributed by atoms with Gasteiger partial charge in [0.15, 0.2) is 0 Å². The summed E-state index contributed by atoms with van der Waals surface area (Å²) in [5.74, 6) is 0.0920. The van der Waals surface area contributed by atoms with E-state index in [4.69, 9.17) is 10.5 Å². The number of aliphatic hydroxyl groups is 2. The number of nitrogen functional groups attached to an aromatic ring is 1. The Morgan fingerprint density at radius 2 is 2.25 bits per heavy atom. The molecule has 0 aromatic carbocycles. The molecular weight excluding hydrogens is 214 g/mol. The van der Waals surface area contributed by atoms with Crippen molar-refractivity contribution in [1.29, 1.82) is 0 Å². The standard InChI is InChI=1S/C9H11N3O4/c1-4-6(13)7(14)8(16-4)12-3-2-5(10)11-9(12)15/h2-3,6-8,13-14H,1H2,(H2,10,11,15)/t6-,7-,8?/m1/s1. The summed E-state index contributed by atoms with van der Waals surface area (Å²) < 4.78 is 6.12.